The van der Waals surface area contributed by atoms with Gasteiger partial charge in [-0.15, -0.1) is 0 Å². The van der Waals surface area contributed by atoms with Crippen LogP contribution in [0.15, 0.2) is 30.3 Å². The summed E-state index contributed by atoms with van der Waals surface area (Å²) in [6, 6.07) is 9.60. The minimum atomic E-state index is -0.00757. The first kappa shape index (κ1) is 16.2. The van der Waals surface area contributed by atoms with Crippen LogP contribution in [0.2, 0.25) is 0 Å². The first-order valence-electron chi connectivity index (χ1n) is 8.15. The molecular weight excluding hydrogens is 262 g/mol. The number of hydrogen-bond acceptors (Lipinski definition) is 3. The molecule has 3 unspecified atom stereocenters. The van der Waals surface area contributed by atoms with Crippen molar-refractivity contribution in [2.24, 2.45) is 11.8 Å². The van der Waals surface area contributed by atoms with Gasteiger partial charge in [0.1, 0.15) is 0 Å². The van der Waals surface area contributed by atoms with Crippen molar-refractivity contribution in [1.82, 2.24) is 5.32 Å². The van der Waals surface area contributed by atoms with Gasteiger partial charge < -0.3 is 10.1 Å². The van der Waals surface area contributed by atoms with Gasteiger partial charge in [-0.3, -0.25) is 4.79 Å². The maximum atomic E-state index is 12.6. The number of piperidine rings is 1. The van der Waals surface area contributed by atoms with Gasteiger partial charge in [-0.25, -0.2) is 0 Å². The zero-order chi connectivity index (χ0) is 15.1. The predicted octanol–water partition coefficient (Wildman–Crippen LogP) is 3.30. The summed E-state index contributed by atoms with van der Waals surface area (Å²) in [5, 5.41) is 3.41. The number of Topliss-reactive ketones (excluding diaryl/α,β-unsaturated/α-hetero) is 1. The maximum Gasteiger partial charge on any atom is 0.166 e. The maximum absolute atomic E-state index is 12.6. The molecule has 3 heteroatoms. The van der Waals surface area contributed by atoms with Gasteiger partial charge in [0.25, 0.3) is 0 Å². The van der Waals surface area contributed by atoms with Crippen molar-refractivity contribution in [2.75, 3.05) is 19.7 Å². The Bertz CT molecular complexity index is 432. The molecule has 1 N–H and O–H groups in total. The highest BCUT2D eigenvalue weighted by Crippen LogP contribution is 2.26. The first-order chi connectivity index (χ1) is 10.2. The van der Waals surface area contributed by atoms with E-state index in [2.05, 4.69) is 12.2 Å². The Kier molecular flexibility index (Phi) is 6.40. The van der Waals surface area contributed by atoms with E-state index in [1.807, 2.05) is 37.3 Å². The Morgan fingerprint density at radius 1 is 1.38 bits per heavy atom. The molecule has 1 aliphatic rings. The minimum Gasteiger partial charge on any atom is -0.378 e. The zero-order valence-corrected chi connectivity index (χ0v) is 13.2. The molecule has 3 atom stereocenters. The second-order valence-corrected chi connectivity index (χ2v) is 5.94. The highest BCUT2D eigenvalue weighted by molar-refractivity contribution is 5.97. The Hall–Kier alpha value is -1.19. The second kappa shape index (κ2) is 8.30. The molecule has 0 saturated carbocycles. The second-order valence-electron chi connectivity index (χ2n) is 5.94. The summed E-state index contributed by atoms with van der Waals surface area (Å²) in [6.45, 7) is 6.88. The van der Waals surface area contributed by atoms with E-state index in [0.717, 1.165) is 44.5 Å². The van der Waals surface area contributed by atoms with Crippen LogP contribution in [0.5, 0.6) is 0 Å². The molecule has 116 valence electrons. The molecule has 2 rings (SSSR count). The summed E-state index contributed by atoms with van der Waals surface area (Å²) in [5.74, 6) is 0.489. The largest absolute Gasteiger partial charge is 0.378 e. The summed E-state index contributed by atoms with van der Waals surface area (Å²) >= 11 is 0. The number of rotatable bonds is 7. The van der Waals surface area contributed by atoms with Crippen LogP contribution in [-0.4, -0.2) is 31.6 Å². The Labute approximate surface area is 128 Å². The molecule has 3 nitrogen and oxygen atoms in total. The van der Waals surface area contributed by atoms with Crippen molar-refractivity contribution in [1.29, 1.82) is 0 Å². The topological polar surface area (TPSA) is 38.3 Å². The smallest absolute Gasteiger partial charge is 0.166 e. The summed E-state index contributed by atoms with van der Waals surface area (Å²) in [4.78, 5) is 12.6. The highest BCUT2D eigenvalue weighted by atomic mass is 16.5. The van der Waals surface area contributed by atoms with Gasteiger partial charge >= 0.3 is 0 Å². The highest BCUT2D eigenvalue weighted by Gasteiger charge is 2.33. The average molecular weight is 289 g/mol. The molecule has 1 aliphatic heterocycles. The third-order valence-electron chi connectivity index (χ3n) is 4.41. The van der Waals surface area contributed by atoms with Gasteiger partial charge in [0.05, 0.1) is 6.10 Å². The quantitative estimate of drug-likeness (QED) is 0.618. The van der Waals surface area contributed by atoms with E-state index in [-0.39, 0.29) is 23.7 Å². The molecule has 1 aromatic rings. The van der Waals surface area contributed by atoms with Crippen LogP contribution in [-0.2, 0) is 4.74 Å². The van der Waals surface area contributed by atoms with Crippen molar-refractivity contribution in [3.8, 4) is 0 Å². The van der Waals surface area contributed by atoms with E-state index in [1.165, 1.54) is 0 Å². The van der Waals surface area contributed by atoms with Gasteiger partial charge in [-0.2, -0.15) is 0 Å². The van der Waals surface area contributed by atoms with Crippen LogP contribution in [0, 0.1) is 11.8 Å². The molecule has 0 amide bonds. The summed E-state index contributed by atoms with van der Waals surface area (Å²) < 4.78 is 6.05. The number of nitrogens with one attached hydrogen (secondary N) is 1. The lowest BCUT2D eigenvalue weighted by molar-refractivity contribution is -0.0197. The summed E-state index contributed by atoms with van der Waals surface area (Å²) in [6.07, 6.45) is 3.45. The number of ether oxygens (including phenoxy) is 1. The van der Waals surface area contributed by atoms with E-state index in [0.29, 0.717) is 0 Å². The fourth-order valence-corrected chi connectivity index (χ4v) is 3.00. The van der Waals surface area contributed by atoms with Crippen LogP contribution in [0.3, 0.4) is 0 Å². The molecule has 1 saturated heterocycles. The molecule has 0 radical (unpaired) electrons. The van der Waals surface area contributed by atoms with Crippen molar-refractivity contribution in [2.45, 2.75) is 39.2 Å². The van der Waals surface area contributed by atoms with Crippen LogP contribution in [0.1, 0.15) is 43.5 Å². The lowest BCUT2D eigenvalue weighted by atomic mass is 9.80. The number of carbonyl (C=O) groups excluding carboxylic acids is 1. The van der Waals surface area contributed by atoms with Gasteiger partial charge in [-0.1, -0.05) is 50.6 Å². The van der Waals surface area contributed by atoms with E-state index in [4.69, 9.17) is 4.74 Å². The fourth-order valence-electron chi connectivity index (χ4n) is 3.00. The number of hydrogen-bond donors (Lipinski definition) is 1. The minimum absolute atomic E-state index is 0.00757. The summed E-state index contributed by atoms with van der Waals surface area (Å²) in [5.41, 5.74) is 0.808. The molecule has 0 aromatic heterocycles. The molecule has 1 aromatic carbocycles. The number of ketones is 1. The number of carbonyl (C=O) groups is 1. The van der Waals surface area contributed by atoms with Gasteiger partial charge in [0.2, 0.25) is 0 Å². The normalized spacial score (nSPS) is 23.7. The third kappa shape index (κ3) is 4.39. The van der Waals surface area contributed by atoms with E-state index in [1.54, 1.807) is 0 Å². The SMILES string of the molecule is CCCCOC1CCNCC1C(C)C(=O)c1ccccc1. The number of unbranched alkanes of at least 4 members (excludes halogenated alkanes) is 1. The molecular formula is C18H27NO2. The lowest BCUT2D eigenvalue weighted by Gasteiger charge is -2.35. The number of benzene rings is 1. The van der Waals surface area contributed by atoms with Gasteiger partial charge in [0.15, 0.2) is 5.78 Å². The Morgan fingerprint density at radius 2 is 2.14 bits per heavy atom. The molecule has 1 fully saturated rings. The lowest BCUT2D eigenvalue weighted by Crippen LogP contribution is -2.46. The Balaban J connectivity index is 2.00. The standard InChI is InChI=1S/C18H27NO2/c1-3-4-12-21-17-10-11-19-13-16(17)14(2)18(20)15-8-6-5-7-9-15/h5-9,14,16-17,19H,3-4,10-13H2,1-2H3. The molecule has 21 heavy (non-hydrogen) atoms. The van der Waals surface area contributed by atoms with Crippen molar-refractivity contribution in [3.63, 3.8) is 0 Å². The third-order valence-corrected chi connectivity index (χ3v) is 4.41. The first-order valence-corrected chi connectivity index (χ1v) is 8.15. The summed E-state index contributed by atoms with van der Waals surface area (Å²) in [7, 11) is 0. The molecule has 1 heterocycles. The van der Waals surface area contributed by atoms with Crippen molar-refractivity contribution >= 4 is 5.78 Å². The fraction of sp³-hybridized carbons (Fsp3) is 0.611. The van der Waals surface area contributed by atoms with E-state index in [9.17, 15) is 4.79 Å². The predicted molar refractivity (Wildman–Crippen MR) is 85.6 cm³/mol. The van der Waals surface area contributed by atoms with Gasteiger partial charge in [-0.05, 0) is 19.4 Å². The van der Waals surface area contributed by atoms with Crippen molar-refractivity contribution in [3.05, 3.63) is 35.9 Å². The van der Waals surface area contributed by atoms with E-state index < -0.39 is 0 Å². The van der Waals surface area contributed by atoms with E-state index >= 15 is 0 Å². The van der Waals surface area contributed by atoms with Crippen LogP contribution < -0.4 is 5.32 Å². The molecule has 0 spiro atoms. The van der Waals surface area contributed by atoms with Crippen LogP contribution >= 0.6 is 0 Å². The molecule has 0 bridgehead atoms. The average Bonchev–Trinajstić information content (AvgIpc) is 2.55. The van der Waals surface area contributed by atoms with Crippen LogP contribution in [0.25, 0.3) is 0 Å². The van der Waals surface area contributed by atoms with Crippen molar-refractivity contribution < 1.29 is 9.53 Å². The monoisotopic (exact) mass is 289 g/mol. The van der Waals surface area contributed by atoms with Gasteiger partial charge in [0, 0.05) is 30.6 Å². The molecule has 0 aliphatic carbocycles. The van der Waals surface area contributed by atoms with Crippen LogP contribution in [0.4, 0.5) is 0 Å². The Morgan fingerprint density at radius 3 is 2.86 bits per heavy atom. The zero-order valence-electron chi connectivity index (χ0n) is 13.2.